The van der Waals surface area contributed by atoms with Crippen LogP contribution in [0.2, 0.25) is 0 Å². The van der Waals surface area contributed by atoms with E-state index in [1.807, 2.05) is 0 Å². The van der Waals surface area contributed by atoms with Gasteiger partial charge in [0.2, 0.25) is 5.88 Å². The van der Waals surface area contributed by atoms with E-state index in [2.05, 4.69) is 0 Å². The molecule has 1 aromatic heterocycles. The average molecular weight is 386 g/mol. The van der Waals surface area contributed by atoms with Crippen molar-refractivity contribution in [1.29, 1.82) is 0 Å². The fourth-order valence-electron chi connectivity index (χ4n) is 2.90. The summed E-state index contributed by atoms with van der Waals surface area (Å²) >= 11 is 0. The van der Waals surface area contributed by atoms with Gasteiger partial charge >= 0.3 is 0 Å². The standard InChI is InChI=1S/C21H20F2N2O3/c1-24(12-15-4-8-17(23)9-5-15)20(27)18-13-25(21(28)19(18)26)11-10-14-2-6-16(22)7-3-14/h2-9,13,26,28H,10-12H2,1H3. The molecule has 0 spiro atoms. The van der Waals surface area contributed by atoms with Crippen LogP contribution in [0.3, 0.4) is 0 Å². The van der Waals surface area contributed by atoms with Gasteiger partial charge in [-0.05, 0) is 41.8 Å². The summed E-state index contributed by atoms with van der Waals surface area (Å²) in [5.41, 5.74) is 1.56. The number of benzene rings is 2. The number of aryl methyl sites for hydroxylation is 2. The average Bonchev–Trinajstić information content (AvgIpc) is 2.97. The van der Waals surface area contributed by atoms with Crippen molar-refractivity contribution in [3.8, 4) is 11.6 Å². The zero-order valence-corrected chi connectivity index (χ0v) is 15.3. The summed E-state index contributed by atoms with van der Waals surface area (Å²) in [7, 11) is 1.55. The Morgan fingerprint density at radius 3 is 2.07 bits per heavy atom. The molecule has 0 bridgehead atoms. The molecule has 0 unspecified atom stereocenters. The molecule has 2 aromatic carbocycles. The highest BCUT2D eigenvalue weighted by atomic mass is 19.1. The van der Waals surface area contributed by atoms with Crippen molar-refractivity contribution < 1.29 is 23.8 Å². The van der Waals surface area contributed by atoms with Crippen molar-refractivity contribution in [3.63, 3.8) is 0 Å². The molecule has 1 heterocycles. The molecule has 0 saturated carbocycles. The van der Waals surface area contributed by atoms with Crippen LogP contribution < -0.4 is 0 Å². The quantitative estimate of drug-likeness (QED) is 0.679. The highest BCUT2D eigenvalue weighted by Crippen LogP contribution is 2.32. The number of rotatable bonds is 6. The fourth-order valence-corrected chi connectivity index (χ4v) is 2.90. The maximum Gasteiger partial charge on any atom is 0.259 e. The van der Waals surface area contributed by atoms with Crippen LogP contribution in [0.5, 0.6) is 11.6 Å². The van der Waals surface area contributed by atoms with E-state index in [1.165, 1.54) is 39.9 Å². The first-order valence-electron chi connectivity index (χ1n) is 8.70. The lowest BCUT2D eigenvalue weighted by Crippen LogP contribution is -2.26. The van der Waals surface area contributed by atoms with Gasteiger partial charge < -0.3 is 19.7 Å². The number of hydrogen-bond acceptors (Lipinski definition) is 3. The molecular weight excluding hydrogens is 366 g/mol. The molecule has 0 aliphatic carbocycles. The van der Waals surface area contributed by atoms with Gasteiger partial charge in [0, 0.05) is 26.3 Å². The molecular formula is C21H20F2N2O3. The maximum absolute atomic E-state index is 13.0. The Morgan fingerprint density at radius 2 is 1.50 bits per heavy atom. The lowest BCUT2D eigenvalue weighted by Gasteiger charge is -2.16. The van der Waals surface area contributed by atoms with Gasteiger partial charge in [0.1, 0.15) is 17.2 Å². The van der Waals surface area contributed by atoms with Crippen LogP contribution in [-0.2, 0) is 19.5 Å². The van der Waals surface area contributed by atoms with Gasteiger partial charge in [0.05, 0.1) is 0 Å². The van der Waals surface area contributed by atoms with Crippen molar-refractivity contribution in [2.75, 3.05) is 7.05 Å². The summed E-state index contributed by atoms with van der Waals surface area (Å²) in [5, 5.41) is 20.3. The van der Waals surface area contributed by atoms with Crippen molar-refractivity contribution in [2.24, 2.45) is 0 Å². The van der Waals surface area contributed by atoms with Crippen molar-refractivity contribution >= 4 is 5.91 Å². The molecule has 0 aliphatic heterocycles. The van der Waals surface area contributed by atoms with Crippen LogP contribution >= 0.6 is 0 Å². The number of hydrogen-bond donors (Lipinski definition) is 2. The van der Waals surface area contributed by atoms with Gasteiger partial charge in [-0.2, -0.15) is 0 Å². The summed E-state index contributed by atoms with van der Waals surface area (Å²) in [6, 6.07) is 11.7. The summed E-state index contributed by atoms with van der Waals surface area (Å²) in [4.78, 5) is 14.0. The first-order valence-corrected chi connectivity index (χ1v) is 8.70. The minimum Gasteiger partial charge on any atom is -0.503 e. The molecule has 0 aliphatic rings. The second kappa shape index (κ2) is 8.12. The molecule has 1 amide bonds. The molecule has 2 N–H and O–H groups in total. The second-order valence-electron chi connectivity index (χ2n) is 6.57. The molecule has 28 heavy (non-hydrogen) atoms. The first-order chi connectivity index (χ1) is 13.3. The lowest BCUT2D eigenvalue weighted by molar-refractivity contribution is 0.0782. The minimum atomic E-state index is -0.491. The van der Waals surface area contributed by atoms with E-state index in [0.717, 1.165) is 11.1 Å². The molecule has 3 aromatic rings. The number of nitrogens with zero attached hydrogens (tertiary/aromatic N) is 2. The smallest absolute Gasteiger partial charge is 0.259 e. The Kier molecular flexibility index (Phi) is 5.63. The topological polar surface area (TPSA) is 65.7 Å². The van der Waals surface area contributed by atoms with E-state index in [-0.39, 0.29) is 23.7 Å². The summed E-state index contributed by atoms with van der Waals surface area (Å²) in [6.45, 7) is 0.528. The van der Waals surface area contributed by atoms with E-state index in [4.69, 9.17) is 0 Å². The predicted octanol–water partition coefficient (Wildman–Crippen LogP) is 3.69. The summed E-state index contributed by atoms with van der Waals surface area (Å²) in [6.07, 6.45) is 1.87. The summed E-state index contributed by atoms with van der Waals surface area (Å²) in [5.74, 6) is -2.06. The van der Waals surface area contributed by atoms with E-state index in [1.54, 1.807) is 31.3 Å². The van der Waals surface area contributed by atoms with Gasteiger partial charge in [0.15, 0.2) is 5.75 Å². The molecule has 3 rings (SSSR count). The van der Waals surface area contributed by atoms with Gasteiger partial charge in [-0.1, -0.05) is 24.3 Å². The minimum absolute atomic E-state index is 0.0267. The van der Waals surface area contributed by atoms with Crippen LogP contribution in [0.4, 0.5) is 8.78 Å². The molecule has 0 atom stereocenters. The number of carbonyl (C=O) groups is 1. The highest BCUT2D eigenvalue weighted by Gasteiger charge is 2.23. The third kappa shape index (κ3) is 4.31. The van der Waals surface area contributed by atoms with Gasteiger partial charge in [-0.25, -0.2) is 8.78 Å². The second-order valence-corrected chi connectivity index (χ2v) is 6.57. The lowest BCUT2D eigenvalue weighted by atomic mass is 10.1. The molecule has 7 heteroatoms. The third-order valence-electron chi connectivity index (χ3n) is 4.49. The molecule has 5 nitrogen and oxygen atoms in total. The van der Waals surface area contributed by atoms with Crippen molar-refractivity contribution in [1.82, 2.24) is 9.47 Å². The van der Waals surface area contributed by atoms with E-state index < -0.39 is 17.5 Å². The van der Waals surface area contributed by atoms with E-state index in [9.17, 15) is 23.8 Å². The van der Waals surface area contributed by atoms with Crippen LogP contribution in [-0.4, -0.2) is 32.6 Å². The van der Waals surface area contributed by atoms with Gasteiger partial charge in [0.25, 0.3) is 5.91 Å². The Labute approximate surface area is 161 Å². The number of halogens is 2. The Hall–Kier alpha value is -3.35. The van der Waals surface area contributed by atoms with Crippen LogP contribution in [0, 0.1) is 11.6 Å². The molecule has 0 saturated heterocycles. The molecule has 0 radical (unpaired) electrons. The normalized spacial score (nSPS) is 10.8. The van der Waals surface area contributed by atoms with E-state index >= 15 is 0 Å². The highest BCUT2D eigenvalue weighted by molar-refractivity contribution is 5.97. The molecule has 146 valence electrons. The van der Waals surface area contributed by atoms with Crippen molar-refractivity contribution in [2.45, 2.75) is 19.5 Å². The number of carbonyl (C=O) groups excluding carboxylic acids is 1. The largest absolute Gasteiger partial charge is 0.503 e. The number of aromatic nitrogens is 1. The fraction of sp³-hybridized carbons (Fsp3) is 0.190. The van der Waals surface area contributed by atoms with Gasteiger partial charge in [-0.15, -0.1) is 0 Å². The zero-order valence-electron chi connectivity index (χ0n) is 15.3. The Morgan fingerprint density at radius 1 is 0.964 bits per heavy atom. The Bertz CT molecular complexity index is 967. The van der Waals surface area contributed by atoms with Crippen LogP contribution in [0.25, 0.3) is 0 Å². The first kappa shape index (κ1) is 19.4. The van der Waals surface area contributed by atoms with E-state index in [0.29, 0.717) is 13.0 Å². The van der Waals surface area contributed by atoms with Crippen LogP contribution in [0.15, 0.2) is 54.7 Å². The van der Waals surface area contributed by atoms with Crippen LogP contribution in [0.1, 0.15) is 21.5 Å². The number of amides is 1. The predicted molar refractivity (Wildman–Crippen MR) is 100 cm³/mol. The monoisotopic (exact) mass is 386 g/mol. The van der Waals surface area contributed by atoms with Crippen molar-refractivity contribution in [3.05, 3.63) is 83.1 Å². The molecule has 0 fully saturated rings. The Balaban J connectivity index is 1.71. The summed E-state index contributed by atoms with van der Waals surface area (Å²) < 4.78 is 27.3. The SMILES string of the molecule is CN(Cc1ccc(F)cc1)C(=O)c1cn(CCc2ccc(F)cc2)c(O)c1O. The maximum atomic E-state index is 13.0. The third-order valence-corrected chi connectivity index (χ3v) is 4.49. The number of aromatic hydroxyl groups is 2. The van der Waals surface area contributed by atoms with Gasteiger partial charge in [-0.3, -0.25) is 4.79 Å². The zero-order chi connectivity index (χ0) is 20.3.